The Balaban J connectivity index is 1.38. The lowest BCUT2D eigenvalue weighted by Crippen LogP contribution is -2.26. The zero-order valence-electron chi connectivity index (χ0n) is 16.2. The highest BCUT2D eigenvalue weighted by Crippen LogP contribution is 2.20. The molecule has 0 atom stereocenters. The second-order valence-corrected chi connectivity index (χ2v) is 6.74. The number of nitrogens with zero attached hydrogens (tertiary/aromatic N) is 4. The third-order valence-corrected chi connectivity index (χ3v) is 4.44. The van der Waals surface area contributed by atoms with Crippen molar-refractivity contribution in [2.75, 3.05) is 7.05 Å². The minimum atomic E-state index is -0.216. The number of benzene rings is 1. The second kappa shape index (κ2) is 8.10. The Kier molecular flexibility index (Phi) is 5.20. The highest BCUT2D eigenvalue weighted by atomic mass is 16.5. The molecule has 7 nitrogen and oxygen atoms in total. The molecule has 29 heavy (non-hydrogen) atoms. The summed E-state index contributed by atoms with van der Waals surface area (Å²) < 4.78 is 11.2. The monoisotopic (exact) mass is 388 g/mol. The largest absolute Gasteiger partial charge is 0.484 e. The molecule has 0 N–H and O–H groups in total. The van der Waals surface area contributed by atoms with Gasteiger partial charge < -0.3 is 14.1 Å². The molecule has 0 unspecified atom stereocenters. The first kappa shape index (κ1) is 18.6. The molecule has 7 heteroatoms. The number of carbonyl (C=O) groups excluding carboxylic acids is 1. The normalized spacial score (nSPS) is 10.8. The first-order valence-corrected chi connectivity index (χ1v) is 9.17. The summed E-state index contributed by atoms with van der Waals surface area (Å²) in [5.41, 5.74) is 3.07. The van der Waals surface area contributed by atoms with Crippen molar-refractivity contribution >= 4 is 16.8 Å². The first-order chi connectivity index (χ1) is 14.1. The number of aryl methyl sites for hydroxylation is 1. The molecule has 0 aliphatic rings. The molecule has 4 rings (SSSR count). The second-order valence-electron chi connectivity index (χ2n) is 6.74. The van der Waals surface area contributed by atoms with Crippen LogP contribution in [0.3, 0.4) is 0 Å². The van der Waals surface area contributed by atoms with Gasteiger partial charge in [-0.2, -0.15) is 0 Å². The van der Waals surface area contributed by atoms with Gasteiger partial charge in [0.25, 0.3) is 5.91 Å². The van der Waals surface area contributed by atoms with E-state index in [0.29, 0.717) is 18.2 Å². The smallest absolute Gasteiger partial charge is 0.275 e. The molecule has 1 amide bonds. The Bertz CT molecular complexity index is 1160. The van der Waals surface area contributed by atoms with Gasteiger partial charge in [-0.25, -0.2) is 4.98 Å². The van der Waals surface area contributed by atoms with E-state index in [-0.39, 0.29) is 18.2 Å². The Labute approximate surface area is 168 Å². The third-order valence-electron chi connectivity index (χ3n) is 4.44. The van der Waals surface area contributed by atoms with Crippen LogP contribution in [0.1, 0.15) is 27.6 Å². The van der Waals surface area contributed by atoms with Crippen LogP contribution >= 0.6 is 0 Å². The van der Waals surface area contributed by atoms with Crippen molar-refractivity contribution in [3.05, 3.63) is 84.0 Å². The maximum Gasteiger partial charge on any atom is 0.275 e. The molecule has 0 fully saturated rings. The van der Waals surface area contributed by atoms with E-state index in [9.17, 15) is 4.79 Å². The molecule has 0 bridgehead atoms. The van der Waals surface area contributed by atoms with Crippen LogP contribution in [0.25, 0.3) is 10.9 Å². The van der Waals surface area contributed by atoms with E-state index < -0.39 is 0 Å². The van der Waals surface area contributed by atoms with Crippen molar-refractivity contribution in [1.29, 1.82) is 0 Å². The molecule has 0 aliphatic carbocycles. The molecule has 0 saturated carbocycles. The van der Waals surface area contributed by atoms with E-state index in [1.807, 2.05) is 49.4 Å². The van der Waals surface area contributed by atoms with Crippen molar-refractivity contribution < 1.29 is 13.9 Å². The molecular formula is C22H20N4O3. The maximum absolute atomic E-state index is 12.6. The van der Waals surface area contributed by atoms with Crippen LogP contribution in [0.15, 0.2) is 65.5 Å². The summed E-state index contributed by atoms with van der Waals surface area (Å²) in [6.07, 6.45) is 4.85. The topological polar surface area (TPSA) is 81.4 Å². The summed E-state index contributed by atoms with van der Waals surface area (Å²) in [5.74, 6) is 0.806. The summed E-state index contributed by atoms with van der Waals surface area (Å²) in [6, 6.07) is 13.3. The van der Waals surface area contributed by atoms with Gasteiger partial charge in [0, 0.05) is 37.1 Å². The first-order valence-electron chi connectivity index (χ1n) is 9.17. The van der Waals surface area contributed by atoms with Gasteiger partial charge in [-0.05, 0) is 48.9 Å². The van der Waals surface area contributed by atoms with Crippen molar-refractivity contribution in [3.8, 4) is 5.75 Å². The fourth-order valence-electron chi connectivity index (χ4n) is 3.01. The Morgan fingerprint density at radius 2 is 2.03 bits per heavy atom. The number of fused-ring (bicyclic) bond motifs is 1. The summed E-state index contributed by atoms with van der Waals surface area (Å²) in [7, 11) is 1.73. The zero-order chi connectivity index (χ0) is 20.2. The molecule has 0 saturated heterocycles. The molecule has 0 radical (unpaired) electrons. The fraction of sp³-hybridized carbons (Fsp3) is 0.182. The van der Waals surface area contributed by atoms with Gasteiger partial charge in [0.2, 0.25) is 5.89 Å². The Morgan fingerprint density at radius 1 is 1.14 bits per heavy atom. The molecule has 0 aliphatic heterocycles. The maximum atomic E-state index is 12.6. The number of aromatic nitrogens is 3. The van der Waals surface area contributed by atoms with Crippen LogP contribution in [0.5, 0.6) is 5.75 Å². The van der Waals surface area contributed by atoms with E-state index in [4.69, 9.17) is 9.15 Å². The number of amides is 1. The van der Waals surface area contributed by atoms with Gasteiger partial charge in [0.05, 0.1) is 5.52 Å². The van der Waals surface area contributed by atoms with Gasteiger partial charge in [-0.15, -0.1) is 0 Å². The fourth-order valence-corrected chi connectivity index (χ4v) is 3.01. The van der Waals surface area contributed by atoms with Gasteiger partial charge in [0.15, 0.2) is 12.3 Å². The van der Waals surface area contributed by atoms with Gasteiger partial charge >= 0.3 is 0 Å². The van der Waals surface area contributed by atoms with Crippen molar-refractivity contribution in [2.45, 2.75) is 20.1 Å². The minimum Gasteiger partial charge on any atom is -0.484 e. The Morgan fingerprint density at radius 3 is 2.90 bits per heavy atom. The molecule has 0 spiro atoms. The average Bonchev–Trinajstić information content (AvgIpc) is 3.20. The van der Waals surface area contributed by atoms with Crippen LogP contribution in [-0.2, 0) is 13.2 Å². The van der Waals surface area contributed by atoms with Crippen molar-refractivity contribution in [2.24, 2.45) is 0 Å². The predicted octanol–water partition coefficient (Wildman–Crippen LogP) is 3.78. The standard InChI is InChI=1S/C22H20N4O3/c1-15-10-16(7-9-23-15)12-26(2)22(27)20-13-29-21(25-20)14-28-18-5-6-19-17(11-18)4-3-8-24-19/h3-11,13H,12,14H2,1-2H3. The van der Waals surface area contributed by atoms with E-state index in [1.165, 1.54) is 6.26 Å². The molecule has 3 aromatic heterocycles. The van der Waals surface area contributed by atoms with Crippen molar-refractivity contribution in [1.82, 2.24) is 19.9 Å². The quantitative estimate of drug-likeness (QED) is 0.500. The zero-order valence-corrected chi connectivity index (χ0v) is 16.2. The van der Waals surface area contributed by atoms with Crippen LogP contribution in [-0.4, -0.2) is 32.8 Å². The van der Waals surface area contributed by atoms with Crippen LogP contribution in [0.4, 0.5) is 0 Å². The molecular weight excluding hydrogens is 368 g/mol. The van der Waals surface area contributed by atoms with Crippen LogP contribution < -0.4 is 4.74 Å². The van der Waals surface area contributed by atoms with Gasteiger partial charge in [0.1, 0.15) is 12.0 Å². The van der Waals surface area contributed by atoms with Gasteiger partial charge in [-0.1, -0.05) is 6.07 Å². The lowest BCUT2D eigenvalue weighted by molar-refractivity contribution is 0.0779. The van der Waals surface area contributed by atoms with Crippen LogP contribution in [0, 0.1) is 6.92 Å². The SMILES string of the molecule is Cc1cc(CN(C)C(=O)c2coc(COc3ccc4ncccc4c3)n2)ccn1. The number of pyridine rings is 2. The number of hydrogen-bond acceptors (Lipinski definition) is 6. The number of carbonyl (C=O) groups is 1. The highest BCUT2D eigenvalue weighted by Gasteiger charge is 2.17. The van der Waals surface area contributed by atoms with Gasteiger partial charge in [-0.3, -0.25) is 14.8 Å². The molecule has 1 aromatic carbocycles. The van der Waals surface area contributed by atoms with E-state index >= 15 is 0 Å². The summed E-state index contributed by atoms with van der Waals surface area (Å²) in [5, 5.41) is 0.987. The number of hydrogen-bond donors (Lipinski definition) is 0. The third kappa shape index (κ3) is 4.40. The van der Waals surface area contributed by atoms with E-state index in [0.717, 1.165) is 22.2 Å². The number of rotatable bonds is 6. The molecule has 3 heterocycles. The van der Waals surface area contributed by atoms with E-state index in [2.05, 4.69) is 15.0 Å². The van der Waals surface area contributed by atoms with Crippen molar-refractivity contribution in [3.63, 3.8) is 0 Å². The highest BCUT2D eigenvalue weighted by molar-refractivity contribution is 5.91. The Hall–Kier alpha value is -3.74. The number of ether oxygens (including phenoxy) is 1. The summed E-state index contributed by atoms with van der Waals surface area (Å²) in [6.45, 7) is 2.51. The minimum absolute atomic E-state index is 0.131. The summed E-state index contributed by atoms with van der Waals surface area (Å²) >= 11 is 0. The molecule has 4 aromatic rings. The average molecular weight is 388 g/mol. The lowest BCUT2D eigenvalue weighted by Gasteiger charge is -2.15. The lowest BCUT2D eigenvalue weighted by atomic mass is 10.2. The summed E-state index contributed by atoms with van der Waals surface area (Å²) in [4.78, 5) is 26.9. The predicted molar refractivity (Wildman–Crippen MR) is 107 cm³/mol. The number of oxazole rings is 1. The molecule has 146 valence electrons. The van der Waals surface area contributed by atoms with E-state index in [1.54, 1.807) is 24.3 Å². The van der Waals surface area contributed by atoms with Crippen LogP contribution in [0.2, 0.25) is 0 Å².